The SMILES string of the molecule is CC1=C(NN)CCN(C)C1. The predicted molar refractivity (Wildman–Crippen MR) is 42.1 cm³/mol. The molecule has 10 heavy (non-hydrogen) atoms. The maximum Gasteiger partial charge on any atom is 0.0274 e. The zero-order valence-corrected chi connectivity index (χ0v) is 6.65. The van der Waals surface area contributed by atoms with Gasteiger partial charge in [-0.25, -0.2) is 0 Å². The van der Waals surface area contributed by atoms with E-state index in [2.05, 4.69) is 24.3 Å². The second-order valence-electron chi connectivity index (χ2n) is 2.89. The van der Waals surface area contributed by atoms with Crippen LogP contribution in [0, 0.1) is 0 Å². The Morgan fingerprint density at radius 3 is 2.80 bits per heavy atom. The molecular formula is C7H15N3. The molecule has 0 saturated carbocycles. The Labute approximate surface area is 61.9 Å². The molecule has 0 bridgehead atoms. The van der Waals surface area contributed by atoms with Gasteiger partial charge in [0.25, 0.3) is 0 Å². The van der Waals surface area contributed by atoms with Gasteiger partial charge in [-0.1, -0.05) is 0 Å². The second kappa shape index (κ2) is 3.03. The summed E-state index contributed by atoms with van der Waals surface area (Å²) < 4.78 is 0. The van der Waals surface area contributed by atoms with E-state index in [4.69, 9.17) is 5.84 Å². The third-order valence-electron chi connectivity index (χ3n) is 1.94. The molecule has 3 nitrogen and oxygen atoms in total. The number of hydrazine groups is 1. The summed E-state index contributed by atoms with van der Waals surface area (Å²) in [6.07, 6.45) is 1.05. The van der Waals surface area contributed by atoms with Crippen molar-refractivity contribution in [1.82, 2.24) is 10.3 Å². The molecule has 0 aromatic carbocycles. The lowest BCUT2D eigenvalue weighted by atomic mass is 10.1. The molecule has 0 saturated heterocycles. The molecule has 0 aliphatic carbocycles. The van der Waals surface area contributed by atoms with Crippen LogP contribution in [0.4, 0.5) is 0 Å². The molecule has 0 amide bonds. The third kappa shape index (κ3) is 1.49. The van der Waals surface area contributed by atoms with E-state index in [0.29, 0.717) is 0 Å². The second-order valence-corrected chi connectivity index (χ2v) is 2.89. The van der Waals surface area contributed by atoms with Gasteiger partial charge >= 0.3 is 0 Å². The minimum atomic E-state index is 1.04. The van der Waals surface area contributed by atoms with Gasteiger partial charge in [0.05, 0.1) is 0 Å². The monoisotopic (exact) mass is 141 g/mol. The highest BCUT2D eigenvalue weighted by molar-refractivity contribution is 5.14. The van der Waals surface area contributed by atoms with Crippen molar-refractivity contribution < 1.29 is 0 Å². The molecule has 1 aliphatic rings. The number of hydrogen-bond donors (Lipinski definition) is 2. The van der Waals surface area contributed by atoms with E-state index >= 15 is 0 Å². The van der Waals surface area contributed by atoms with Crippen molar-refractivity contribution in [3.63, 3.8) is 0 Å². The fourth-order valence-corrected chi connectivity index (χ4v) is 1.29. The van der Waals surface area contributed by atoms with Crippen LogP contribution in [0.3, 0.4) is 0 Å². The van der Waals surface area contributed by atoms with Crippen LogP contribution in [-0.2, 0) is 0 Å². The van der Waals surface area contributed by atoms with Crippen molar-refractivity contribution in [2.75, 3.05) is 20.1 Å². The summed E-state index contributed by atoms with van der Waals surface area (Å²) in [6, 6.07) is 0. The smallest absolute Gasteiger partial charge is 0.0274 e. The molecule has 0 atom stereocenters. The third-order valence-corrected chi connectivity index (χ3v) is 1.94. The van der Waals surface area contributed by atoms with Gasteiger partial charge in [-0.05, 0) is 19.5 Å². The van der Waals surface area contributed by atoms with Gasteiger partial charge in [-0.3, -0.25) is 5.84 Å². The average molecular weight is 141 g/mol. The lowest BCUT2D eigenvalue weighted by Gasteiger charge is -2.25. The molecule has 0 spiro atoms. The minimum absolute atomic E-state index is 1.04. The maximum absolute atomic E-state index is 5.31. The van der Waals surface area contributed by atoms with Crippen molar-refractivity contribution >= 4 is 0 Å². The summed E-state index contributed by atoms with van der Waals surface area (Å²) in [5, 5.41) is 0. The van der Waals surface area contributed by atoms with Crippen LogP contribution >= 0.6 is 0 Å². The van der Waals surface area contributed by atoms with Crippen LogP contribution in [0.5, 0.6) is 0 Å². The highest BCUT2D eigenvalue weighted by atomic mass is 15.2. The fraction of sp³-hybridized carbons (Fsp3) is 0.714. The van der Waals surface area contributed by atoms with E-state index in [1.807, 2.05) is 0 Å². The van der Waals surface area contributed by atoms with E-state index in [-0.39, 0.29) is 0 Å². The van der Waals surface area contributed by atoms with E-state index < -0.39 is 0 Å². The number of nitrogens with zero attached hydrogens (tertiary/aromatic N) is 1. The Bertz CT molecular complexity index is 151. The molecular weight excluding hydrogens is 126 g/mol. The van der Waals surface area contributed by atoms with Crippen LogP contribution in [0.2, 0.25) is 0 Å². The molecule has 1 aliphatic heterocycles. The first-order valence-corrected chi connectivity index (χ1v) is 3.58. The van der Waals surface area contributed by atoms with Gasteiger partial charge in [-0.15, -0.1) is 0 Å². The van der Waals surface area contributed by atoms with E-state index in [9.17, 15) is 0 Å². The van der Waals surface area contributed by atoms with E-state index in [1.54, 1.807) is 0 Å². The Morgan fingerprint density at radius 1 is 1.60 bits per heavy atom. The number of likely N-dealkylation sites (N-methyl/N-ethyl adjacent to an activating group) is 1. The van der Waals surface area contributed by atoms with Gasteiger partial charge in [0.1, 0.15) is 0 Å². The van der Waals surface area contributed by atoms with Gasteiger partial charge in [-0.2, -0.15) is 0 Å². The molecule has 3 N–H and O–H groups in total. The number of nitrogens with one attached hydrogen (secondary N) is 1. The summed E-state index contributed by atoms with van der Waals surface area (Å²) in [5.41, 5.74) is 5.29. The van der Waals surface area contributed by atoms with Crippen LogP contribution in [0.25, 0.3) is 0 Å². The largest absolute Gasteiger partial charge is 0.328 e. The topological polar surface area (TPSA) is 41.3 Å². The molecule has 0 aromatic rings. The zero-order valence-electron chi connectivity index (χ0n) is 6.65. The Hall–Kier alpha value is -0.540. The molecule has 58 valence electrons. The number of nitrogens with two attached hydrogens (primary N) is 1. The van der Waals surface area contributed by atoms with Gasteiger partial charge in [0.2, 0.25) is 0 Å². The summed E-state index contributed by atoms with van der Waals surface area (Å²) in [4.78, 5) is 2.29. The van der Waals surface area contributed by atoms with Crippen molar-refractivity contribution in [3.05, 3.63) is 11.3 Å². The van der Waals surface area contributed by atoms with Crippen LogP contribution < -0.4 is 11.3 Å². The molecule has 1 rings (SSSR count). The van der Waals surface area contributed by atoms with Crippen molar-refractivity contribution in [2.45, 2.75) is 13.3 Å². The lowest BCUT2D eigenvalue weighted by Crippen LogP contribution is -2.33. The quantitative estimate of drug-likeness (QED) is 0.401. The number of rotatable bonds is 1. The molecule has 0 fully saturated rings. The van der Waals surface area contributed by atoms with Crippen LogP contribution in [-0.4, -0.2) is 25.0 Å². The highest BCUT2D eigenvalue weighted by Gasteiger charge is 2.10. The lowest BCUT2D eigenvalue weighted by molar-refractivity contribution is 0.341. The van der Waals surface area contributed by atoms with Gasteiger partial charge in [0, 0.05) is 25.2 Å². The highest BCUT2D eigenvalue weighted by Crippen LogP contribution is 2.12. The van der Waals surface area contributed by atoms with Crippen molar-refractivity contribution in [2.24, 2.45) is 5.84 Å². The fourth-order valence-electron chi connectivity index (χ4n) is 1.29. The summed E-state index contributed by atoms with van der Waals surface area (Å²) in [6.45, 7) is 4.27. The van der Waals surface area contributed by atoms with Gasteiger partial charge < -0.3 is 10.3 Å². The normalized spacial score (nSPS) is 21.5. The van der Waals surface area contributed by atoms with Crippen molar-refractivity contribution in [3.8, 4) is 0 Å². The first-order chi connectivity index (χ1) is 4.74. The summed E-state index contributed by atoms with van der Waals surface area (Å²) >= 11 is 0. The standard InChI is InChI=1S/C7H15N3/c1-6-5-10(2)4-3-7(6)9-8/h9H,3-5,8H2,1-2H3. The summed E-state index contributed by atoms with van der Waals surface area (Å²) in [5.74, 6) is 5.31. The summed E-state index contributed by atoms with van der Waals surface area (Å²) in [7, 11) is 2.12. The molecule has 0 radical (unpaired) electrons. The van der Waals surface area contributed by atoms with Crippen LogP contribution in [0.15, 0.2) is 11.3 Å². The average Bonchev–Trinajstić information content (AvgIpc) is 1.88. The molecule has 0 unspecified atom stereocenters. The first-order valence-electron chi connectivity index (χ1n) is 3.58. The van der Waals surface area contributed by atoms with E-state index in [1.165, 1.54) is 11.3 Å². The zero-order chi connectivity index (χ0) is 7.56. The first kappa shape index (κ1) is 7.57. The number of hydrogen-bond acceptors (Lipinski definition) is 3. The minimum Gasteiger partial charge on any atom is -0.328 e. The van der Waals surface area contributed by atoms with Crippen LogP contribution in [0.1, 0.15) is 13.3 Å². The molecule has 0 aromatic heterocycles. The Kier molecular flexibility index (Phi) is 2.29. The molecule has 1 heterocycles. The Morgan fingerprint density at radius 2 is 2.30 bits per heavy atom. The van der Waals surface area contributed by atoms with E-state index in [0.717, 1.165) is 19.5 Å². The van der Waals surface area contributed by atoms with Gasteiger partial charge in [0.15, 0.2) is 0 Å². The Balaban J connectivity index is 2.61. The predicted octanol–water partition coefficient (Wildman–Crippen LogP) is 0.0592. The maximum atomic E-state index is 5.31. The van der Waals surface area contributed by atoms with Crippen molar-refractivity contribution in [1.29, 1.82) is 0 Å². The molecule has 3 heteroatoms.